The number of aliphatic hydroxyl groups is 1. The van der Waals surface area contributed by atoms with Crippen molar-refractivity contribution in [3.8, 4) is 0 Å². The van der Waals surface area contributed by atoms with Crippen molar-refractivity contribution in [1.29, 1.82) is 0 Å². The fraction of sp³-hybridized carbons (Fsp3) is 0.538. The highest BCUT2D eigenvalue weighted by atomic mass is 35.5. The van der Waals surface area contributed by atoms with E-state index in [0.717, 1.165) is 36.3 Å². The summed E-state index contributed by atoms with van der Waals surface area (Å²) in [6, 6.07) is 7.80. The molecule has 2 rings (SSSR count). The van der Waals surface area contributed by atoms with Crippen LogP contribution < -0.4 is 5.32 Å². The zero-order valence-corrected chi connectivity index (χ0v) is 10.3. The predicted molar refractivity (Wildman–Crippen MR) is 66.7 cm³/mol. The highest BCUT2D eigenvalue weighted by Gasteiger charge is 2.39. The molecule has 0 aliphatic heterocycles. The maximum Gasteiger partial charge on any atom is 0.0763 e. The van der Waals surface area contributed by atoms with Gasteiger partial charge in [0.25, 0.3) is 0 Å². The molecule has 3 heteroatoms. The van der Waals surface area contributed by atoms with E-state index in [2.05, 4.69) is 5.32 Å². The van der Waals surface area contributed by atoms with Crippen LogP contribution in [0, 0.1) is 0 Å². The summed E-state index contributed by atoms with van der Waals surface area (Å²) in [6.07, 6.45) is 3.73. The molecule has 1 aliphatic rings. The summed E-state index contributed by atoms with van der Waals surface area (Å²) >= 11 is 6.02. The molecule has 0 saturated heterocycles. The van der Waals surface area contributed by atoms with Gasteiger partial charge in [0.15, 0.2) is 0 Å². The number of halogens is 1. The first-order chi connectivity index (χ1) is 7.69. The van der Waals surface area contributed by atoms with E-state index in [-0.39, 0.29) is 11.6 Å². The van der Waals surface area contributed by atoms with Crippen LogP contribution in [-0.2, 0) is 5.54 Å². The molecule has 0 radical (unpaired) electrons. The van der Waals surface area contributed by atoms with Crippen molar-refractivity contribution >= 4 is 11.6 Å². The van der Waals surface area contributed by atoms with Crippen LogP contribution >= 0.6 is 11.6 Å². The Morgan fingerprint density at radius 3 is 2.88 bits per heavy atom. The molecule has 2 atom stereocenters. The Labute approximate surface area is 102 Å². The minimum Gasteiger partial charge on any atom is -0.391 e. The normalized spacial score (nSPS) is 30.3. The summed E-state index contributed by atoms with van der Waals surface area (Å²) in [7, 11) is 1.91. The standard InChI is InChI=1S/C13H18ClNO/c1-15-13(8-3-2-7-12(13)16)10-5-4-6-11(14)9-10/h4-6,9,12,15-16H,2-3,7-8H2,1H3. The first kappa shape index (κ1) is 11.9. The van der Waals surface area contributed by atoms with Gasteiger partial charge in [-0.25, -0.2) is 0 Å². The van der Waals surface area contributed by atoms with Gasteiger partial charge in [-0.2, -0.15) is 0 Å². The average molecular weight is 240 g/mol. The molecular formula is C13H18ClNO. The molecule has 0 aromatic heterocycles. The van der Waals surface area contributed by atoms with Gasteiger partial charge in [0, 0.05) is 5.02 Å². The SMILES string of the molecule is CNC1(c2cccc(Cl)c2)CCCCC1O. The van der Waals surface area contributed by atoms with E-state index in [9.17, 15) is 5.11 Å². The summed E-state index contributed by atoms with van der Waals surface area (Å²) in [5.74, 6) is 0. The molecule has 2 N–H and O–H groups in total. The maximum atomic E-state index is 10.3. The van der Waals surface area contributed by atoms with Crippen molar-refractivity contribution < 1.29 is 5.11 Å². The lowest BCUT2D eigenvalue weighted by Crippen LogP contribution is -2.51. The Morgan fingerprint density at radius 1 is 1.44 bits per heavy atom. The van der Waals surface area contributed by atoms with Gasteiger partial charge in [-0.05, 0) is 37.6 Å². The van der Waals surface area contributed by atoms with E-state index < -0.39 is 0 Å². The van der Waals surface area contributed by atoms with E-state index in [4.69, 9.17) is 11.6 Å². The van der Waals surface area contributed by atoms with Gasteiger partial charge in [-0.3, -0.25) is 0 Å². The Balaban J connectivity index is 2.40. The molecule has 2 nitrogen and oxygen atoms in total. The van der Waals surface area contributed by atoms with Crippen LogP contribution in [0.3, 0.4) is 0 Å². The van der Waals surface area contributed by atoms with Crippen LogP contribution in [0.25, 0.3) is 0 Å². The second-order valence-corrected chi connectivity index (χ2v) is 4.93. The lowest BCUT2D eigenvalue weighted by Gasteiger charge is -2.42. The van der Waals surface area contributed by atoms with Crippen LogP contribution in [0.5, 0.6) is 0 Å². The lowest BCUT2D eigenvalue weighted by molar-refractivity contribution is 0.0252. The maximum absolute atomic E-state index is 10.3. The van der Waals surface area contributed by atoms with Crippen molar-refractivity contribution in [1.82, 2.24) is 5.32 Å². The van der Waals surface area contributed by atoms with E-state index in [1.165, 1.54) is 0 Å². The zero-order chi connectivity index (χ0) is 11.6. The third kappa shape index (κ3) is 1.97. The van der Waals surface area contributed by atoms with Crippen molar-refractivity contribution in [2.45, 2.75) is 37.3 Å². The smallest absolute Gasteiger partial charge is 0.0763 e. The second-order valence-electron chi connectivity index (χ2n) is 4.49. The number of likely N-dealkylation sites (N-methyl/N-ethyl adjacent to an activating group) is 1. The third-order valence-corrected chi connectivity index (χ3v) is 3.89. The van der Waals surface area contributed by atoms with Gasteiger partial charge in [-0.1, -0.05) is 36.6 Å². The first-order valence-corrected chi connectivity index (χ1v) is 6.20. The monoisotopic (exact) mass is 239 g/mol. The average Bonchev–Trinajstić information content (AvgIpc) is 2.30. The summed E-state index contributed by atoms with van der Waals surface area (Å²) in [5, 5.41) is 14.3. The van der Waals surface area contributed by atoms with Crippen LogP contribution in [-0.4, -0.2) is 18.3 Å². The fourth-order valence-corrected chi connectivity index (χ4v) is 2.88. The molecule has 0 spiro atoms. The molecule has 0 amide bonds. The molecule has 1 fully saturated rings. The number of aliphatic hydroxyl groups excluding tert-OH is 1. The number of hydrogen-bond donors (Lipinski definition) is 2. The molecule has 1 aromatic carbocycles. The summed E-state index contributed by atoms with van der Waals surface area (Å²) in [4.78, 5) is 0. The zero-order valence-electron chi connectivity index (χ0n) is 9.54. The Hall–Kier alpha value is -0.570. The number of nitrogens with one attached hydrogen (secondary N) is 1. The van der Waals surface area contributed by atoms with E-state index >= 15 is 0 Å². The highest BCUT2D eigenvalue weighted by Crippen LogP contribution is 2.37. The van der Waals surface area contributed by atoms with Gasteiger partial charge in [0.05, 0.1) is 11.6 Å². The lowest BCUT2D eigenvalue weighted by atomic mass is 9.74. The van der Waals surface area contributed by atoms with Crippen LogP contribution in [0.1, 0.15) is 31.2 Å². The van der Waals surface area contributed by atoms with Gasteiger partial charge in [0.1, 0.15) is 0 Å². The van der Waals surface area contributed by atoms with Crippen molar-refractivity contribution in [2.24, 2.45) is 0 Å². The van der Waals surface area contributed by atoms with Gasteiger partial charge in [-0.15, -0.1) is 0 Å². The predicted octanol–water partition coefficient (Wildman–Crippen LogP) is 2.69. The molecular weight excluding hydrogens is 222 g/mol. The van der Waals surface area contributed by atoms with E-state index in [1.54, 1.807) is 0 Å². The van der Waals surface area contributed by atoms with Crippen LogP contribution in [0.15, 0.2) is 24.3 Å². The topological polar surface area (TPSA) is 32.3 Å². The van der Waals surface area contributed by atoms with Crippen LogP contribution in [0.4, 0.5) is 0 Å². The molecule has 16 heavy (non-hydrogen) atoms. The van der Waals surface area contributed by atoms with Gasteiger partial charge >= 0.3 is 0 Å². The minimum atomic E-state index is -0.329. The second kappa shape index (κ2) is 4.74. The number of benzene rings is 1. The summed E-state index contributed by atoms with van der Waals surface area (Å²) < 4.78 is 0. The number of rotatable bonds is 2. The molecule has 0 heterocycles. The fourth-order valence-electron chi connectivity index (χ4n) is 2.69. The Bertz CT molecular complexity index is 369. The van der Waals surface area contributed by atoms with Crippen molar-refractivity contribution in [3.63, 3.8) is 0 Å². The summed E-state index contributed by atoms with van der Waals surface area (Å²) in [5.41, 5.74) is 0.776. The van der Waals surface area contributed by atoms with Crippen LogP contribution in [0.2, 0.25) is 5.02 Å². The highest BCUT2D eigenvalue weighted by molar-refractivity contribution is 6.30. The van der Waals surface area contributed by atoms with Crippen molar-refractivity contribution in [2.75, 3.05) is 7.05 Å². The quantitative estimate of drug-likeness (QED) is 0.832. The molecule has 1 saturated carbocycles. The minimum absolute atomic E-state index is 0.316. The Kier molecular flexibility index (Phi) is 3.53. The molecule has 1 aromatic rings. The molecule has 1 aliphatic carbocycles. The molecule has 2 unspecified atom stereocenters. The van der Waals surface area contributed by atoms with Gasteiger partial charge in [0.2, 0.25) is 0 Å². The Morgan fingerprint density at radius 2 is 2.25 bits per heavy atom. The van der Waals surface area contributed by atoms with E-state index in [1.807, 2.05) is 31.3 Å². The van der Waals surface area contributed by atoms with Crippen molar-refractivity contribution in [3.05, 3.63) is 34.9 Å². The molecule has 0 bridgehead atoms. The van der Waals surface area contributed by atoms with Gasteiger partial charge < -0.3 is 10.4 Å². The molecule has 88 valence electrons. The first-order valence-electron chi connectivity index (χ1n) is 5.82. The summed E-state index contributed by atoms with van der Waals surface area (Å²) in [6.45, 7) is 0. The largest absolute Gasteiger partial charge is 0.391 e. The number of hydrogen-bond acceptors (Lipinski definition) is 2. The third-order valence-electron chi connectivity index (χ3n) is 3.65. The van der Waals surface area contributed by atoms with E-state index in [0.29, 0.717) is 0 Å².